The second-order valence-corrected chi connectivity index (χ2v) is 6.73. The fourth-order valence-corrected chi connectivity index (χ4v) is 3.49. The van der Waals surface area contributed by atoms with Gasteiger partial charge in [-0.3, -0.25) is 9.20 Å². The van der Waals surface area contributed by atoms with Crippen LogP contribution in [0.2, 0.25) is 0 Å². The van der Waals surface area contributed by atoms with Gasteiger partial charge in [0, 0.05) is 12.6 Å². The predicted octanol–water partition coefficient (Wildman–Crippen LogP) is 1.85. The Morgan fingerprint density at radius 2 is 1.97 bits per heavy atom. The van der Waals surface area contributed by atoms with Crippen molar-refractivity contribution in [1.29, 1.82) is 5.26 Å². The van der Waals surface area contributed by atoms with E-state index in [-0.39, 0.29) is 16.9 Å². The van der Waals surface area contributed by atoms with Gasteiger partial charge in [0.05, 0.1) is 20.8 Å². The van der Waals surface area contributed by atoms with Crippen molar-refractivity contribution in [2.45, 2.75) is 13.0 Å². The molecule has 3 aromatic heterocycles. The molecule has 0 spiro atoms. The molecule has 0 bridgehead atoms. The molecule has 0 aliphatic carbocycles. The number of nitrogen functional groups attached to an aromatic ring is 1. The molecular formula is C22H20N5O3+. The molecule has 2 N–H and O–H groups in total. The highest BCUT2D eigenvalue weighted by atomic mass is 16.5. The summed E-state index contributed by atoms with van der Waals surface area (Å²) in [5, 5.41) is 9.86. The van der Waals surface area contributed by atoms with Crippen molar-refractivity contribution in [2.24, 2.45) is 0 Å². The SMILES string of the molecule is COc1ccc(CC[n+]2c(N)c(C#N)cc3c(=O)n4ccccc4nc32)cc1OC. The van der Waals surface area contributed by atoms with Crippen LogP contribution in [0.3, 0.4) is 0 Å². The lowest BCUT2D eigenvalue weighted by Crippen LogP contribution is -2.42. The minimum Gasteiger partial charge on any atom is -0.493 e. The van der Waals surface area contributed by atoms with E-state index in [0.29, 0.717) is 41.1 Å². The van der Waals surface area contributed by atoms with Gasteiger partial charge >= 0.3 is 0 Å². The van der Waals surface area contributed by atoms with E-state index in [4.69, 9.17) is 15.2 Å². The number of hydrogen-bond acceptors (Lipinski definition) is 6. The zero-order valence-electron chi connectivity index (χ0n) is 16.6. The lowest BCUT2D eigenvalue weighted by atomic mass is 10.1. The molecule has 0 amide bonds. The molecule has 4 aromatic rings. The van der Waals surface area contributed by atoms with Crippen LogP contribution in [-0.4, -0.2) is 23.6 Å². The topological polar surface area (TPSA) is 107 Å². The van der Waals surface area contributed by atoms with Crippen LogP contribution in [0.5, 0.6) is 11.5 Å². The van der Waals surface area contributed by atoms with E-state index < -0.39 is 0 Å². The first kappa shape index (κ1) is 19.2. The summed E-state index contributed by atoms with van der Waals surface area (Å²) in [6, 6.07) is 14.6. The van der Waals surface area contributed by atoms with Gasteiger partial charge in [-0.15, -0.1) is 0 Å². The highest BCUT2D eigenvalue weighted by Crippen LogP contribution is 2.27. The molecule has 0 saturated carbocycles. The van der Waals surface area contributed by atoms with Gasteiger partial charge < -0.3 is 15.2 Å². The zero-order valence-corrected chi connectivity index (χ0v) is 16.6. The molecule has 0 aliphatic heterocycles. The molecule has 1 aromatic carbocycles. The Morgan fingerprint density at radius 3 is 2.70 bits per heavy atom. The van der Waals surface area contributed by atoms with Gasteiger partial charge in [-0.1, -0.05) is 17.1 Å². The van der Waals surface area contributed by atoms with Gasteiger partial charge in [-0.05, 0) is 35.9 Å². The molecule has 8 nitrogen and oxygen atoms in total. The Balaban J connectivity index is 1.84. The Kier molecular flexibility index (Phi) is 4.94. The molecule has 30 heavy (non-hydrogen) atoms. The molecule has 150 valence electrons. The average molecular weight is 402 g/mol. The molecule has 0 atom stereocenters. The molecule has 0 aliphatic rings. The molecule has 0 fully saturated rings. The van der Waals surface area contributed by atoms with Gasteiger partial charge in [0.2, 0.25) is 11.5 Å². The van der Waals surface area contributed by atoms with Crippen molar-refractivity contribution >= 4 is 22.5 Å². The minimum absolute atomic E-state index is 0.240. The maximum absolute atomic E-state index is 13.0. The lowest BCUT2D eigenvalue weighted by molar-refractivity contribution is -0.658. The van der Waals surface area contributed by atoms with Crippen molar-refractivity contribution in [1.82, 2.24) is 9.38 Å². The summed E-state index contributed by atoms with van der Waals surface area (Å²) in [5.74, 6) is 1.55. The third kappa shape index (κ3) is 3.16. The number of nitrogens with two attached hydrogens (primary N) is 1. The van der Waals surface area contributed by atoms with Crippen LogP contribution in [0, 0.1) is 11.3 Å². The number of hydrogen-bond donors (Lipinski definition) is 1. The maximum Gasteiger partial charge on any atom is 0.278 e. The number of nitrogens with zero attached hydrogens (tertiary/aromatic N) is 4. The number of benzene rings is 1. The smallest absolute Gasteiger partial charge is 0.278 e. The Morgan fingerprint density at radius 1 is 1.17 bits per heavy atom. The fraction of sp³-hybridized carbons (Fsp3) is 0.182. The van der Waals surface area contributed by atoms with Gasteiger partial charge in [-0.25, -0.2) is 4.57 Å². The molecule has 3 heterocycles. The summed E-state index contributed by atoms with van der Waals surface area (Å²) in [6.45, 7) is 0.433. The number of ether oxygens (including phenoxy) is 2. The summed E-state index contributed by atoms with van der Waals surface area (Å²) >= 11 is 0. The summed E-state index contributed by atoms with van der Waals surface area (Å²) in [4.78, 5) is 17.6. The van der Waals surface area contributed by atoms with Crippen molar-refractivity contribution in [3.63, 3.8) is 0 Å². The van der Waals surface area contributed by atoms with E-state index in [1.807, 2.05) is 24.3 Å². The third-order valence-corrected chi connectivity index (χ3v) is 5.05. The number of rotatable bonds is 5. The van der Waals surface area contributed by atoms with E-state index in [1.54, 1.807) is 37.1 Å². The molecule has 8 heteroatoms. The number of aryl methyl sites for hydroxylation is 2. The van der Waals surface area contributed by atoms with Crippen LogP contribution in [0.15, 0.2) is 53.5 Å². The first-order chi connectivity index (χ1) is 14.6. The zero-order chi connectivity index (χ0) is 21.3. The van der Waals surface area contributed by atoms with Crippen LogP contribution >= 0.6 is 0 Å². The van der Waals surface area contributed by atoms with Crippen LogP contribution in [0.1, 0.15) is 11.1 Å². The summed E-state index contributed by atoms with van der Waals surface area (Å²) < 4.78 is 13.8. The Hall–Kier alpha value is -4.12. The van der Waals surface area contributed by atoms with E-state index in [1.165, 1.54) is 10.5 Å². The molecule has 4 rings (SSSR count). The fourth-order valence-electron chi connectivity index (χ4n) is 3.49. The number of methoxy groups -OCH3 is 2. The van der Waals surface area contributed by atoms with E-state index in [9.17, 15) is 10.1 Å². The second kappa shape index (κ2) is 7.72. The van der Waals surface area contributed by atoms with E-state index in [0.717, 1.165) is 5.56 Å². The molecule has 0 saturated heterocycles. The molecule has 0 unspecified atom stereocenters. The monoisotopic (exact) mass is 402 g/mol. The summed E-state index contributed by atoms with van der Waals surface area (Å²) in [6.07, 6.45) is 2.25. The lowest BCUT2D eigenvalue weighted by Gasteiger charge is -2.11. The Bertz CT molecular complexity index is 1370. The first-order valence-electron chi connectivity index (χ1n) is 9.31. The molecule has 0 radical (unpaired) electrons. The second-order valence-electron chi connectivity index (χ2n) is 6.73. The van der Waals surface area contributed by atoms with Gasteiger partial charge in [0.25, 0.3) is 11.2 Å². The van der Waals surface area contributed by atoms with Crippen LogP contribution in [0.4, 0.5) is 5.82 Å². The van der Waals surface area contributed by atoms with Crippen molar-refractivity contribution < 1.29 is 14.0 Å². The number of nitriles is 1. The Labute approximate surface area is 172 Å². The molecular weight excluding hydrogens is 382 g/mol. The highest BCUT2D eigenvalue weighted by Gasteiger charge is 2.21. The van der Waals surface area contributed by atoms with E-state index in [2.05, 4.69) is 11.1 Å². The average Bonchev–Trinajstić information content (AvgIpc) is 2.78. The number of anilines is 1. The summed E-state index contributed by atoms with van der Waals surface area (Å²) in [5.41, 5.74) is 8.22. The van der Waals surface area contributed by atoms with Crippen molar-refractivity contribution in [2.75, 3.05) is 20.0 Å². The van der Waals surface area contributed by atoms with Crippen LogP contribution in [0.25, 0.3) is 16.7 Å². The largest absolute Gasteiger partial charge is 0.493 e. The van der Waals surface area contributed by atoms with Gasteiger partial charge in [0.1, 0.15) is 17.0 Å². The third-order valence-electron chi connectivity index (χ3n) is 5.05. The number of fused-ring (bicyclic) bond motifs is 2. The highest BCUT2D eigenvalue weighted by molar-refractivity contribution is 5.76. The van der Waals surface area contributed by atoms with E-state index >= 15 is 0 Å². The van der Waals surface area contributed by atoms with Crippen molar-refractivity contribution in [3.05, 3.63) is 70.1 Å². The van der Waals surface area contributed by atoms with Gasteiger partial charge in [-0.2, -0.15) is 5.26 Å². The summed E-state index contributed by atoms with van der Waals surface area (Å²) in [7, 11) is 3.17. The maximum atomic E-state index is 13.0. The predicted molar refractivity (Wildman–Crippen MR) is 112 cm³/mol. The standard InChI is InChI=1S/C22H19N5O3/c1-29-17-7-6-14(11-18(17)30-2)8-10-27-20(24)15(13-23)12-16-21(27)25-19-5-3-4-9-26(19)22(16)28/h3-7,9,11-12,24H,8,10H2,1-2H3/p+1. The van der Waals surface area contributed by atoms with Crippen molar-refractivity contribution in [3.8, 4) is 17.6 Å². The van der Waals surface area contributed by atoms with Crippen LogP contribution in [-0.2, 0) is 13.0 Å². The quantitative estimate of drug-likeness (QED) is 0.403. The number of pyridine rings is 2. The number of aromatic nitrogens is 3. The normalized spacial score (nSPS) is 10.8. The first-order valence-corrected chi connectivity index (χ1v) is 9.31. The van der Waals surface area contributed by atoms with Crippen LogP contribution < -0.4 is 25.3 Å². The van der Waals surface area contributed by atoms with Gasteiger partial charge in [0.15, 0.2) is 11.5 Å². The minimum atomic E-state index is -0.244.